The molecule has 0 aliphatic carbocycles. The number of para-hydroxylation sites is 1. The van der Waals surface area contributed by atoms with Gasteiger partial charge in [0.25, 0.3) is 5.91 Å². The molecule has 4 rings (SSSR count). The topological polar surface area (TPSA) is 72.3 Å². The number of nitrogens with zero attached hydrogens (tertiary/aromatic N) is 3. The first-order valence-electron chi connectivity index (χ1n) is 8.61. The highest BCUT2D eigenvalue weighted by atomic mass is 32.2. The Morgan fingerprint density at radius 3 is 2.63 bits per heavy atom. The summed E-state index contributed by atoms with van der Waals surface area (Å²) in [5.74, 6) is -0.0727. The first-order chi connectivity index (χ1) is 12.9. The van der Waals surface area contributed by atoms with Gasteiger partial charge in [0, 0.05) is 13.1 Å². The maximum absolute atomic E-state index is 13.2. The summed E-state index contributed by atoms with van der Waals surface area (Å²) in [7, 11) is -1.40. The van der Waals surface area contributed by atoms with Crippen molar-refractivity contribution in [1.29, 1.82) is 0 Å². The molecular weight excluding hydrogens is 382 g/mol. The van der Waals surface area contributed by atoms with Gasteiger partial charge in [-0.25, -0.2) is 13.1 Å². The molecule has 0 radical (unpaired) electrons. The van der Waals surface area contributed by atoms with Gasteiger partial charge in [-0.15, -0.1) is 11.3 Å². The van der Waals surface area contributed by atoms with E-state index in [2.05, 4.69) is 5.10 Å². The molecule has 0 N–H and O–H groups in total. The highest BCUT2D eigenvalue weighted by Gasteiger charge is 2.34. The van der Waals surface area contributed by atoms with Crippen LogP contribution in [0.4, 0.5) is 0 Å². The lowest BCUT2D eigenvalue weighted by atomic mass is 10.2. The van der Waals surface area contributed by atoms with Crippen LogP contribution in [0.3, 0.4) is 0 Å². The van der Waals surface area contributed by atoms with Crippen molar-refractivity contribution in [3.63, 3.8) is 0 Å². The van der Waals surface area contributed by atoms with E-state index in [1.807, 2.05) is 47.8 Å². The molecule has 3 aromatic rings. The number of rotatable bonds is 4. The number of carbonyl (C=O) groups excluding carboxylic acids is 1. The number of hydrogen-bond acceptors (Lipinski definition) is 5. The summed E-state index contributed by atoms with van der Waals surface area (Å²) in [4.78, 5) is 15.7. The molecular formula is C19H19N3O3S2. The van der Waals surface area contributed by atoms with E-state index in [1.165, 1.54) is 0 Å². The molecule has 0 spiro atoms. The van der Waals surface area contributed by atoms with Crippen LogP contribution in [-0.4, -0.2) is 53.6 Å². The van der Waals surface area contributed by atoms with Crippen LogP contribution in [-0.2, 0) is 9.84 Å². The van der Waals surface area contributed by atoms with Crippen LogP contribution in [0.5, 0.6) is 0 Å². The maximum atomic E-state index is 13.2. The van der Waals surface area contributed by atoms with E-state index in [9.17, 15) is 13.2 Å². The average Bonchev–Trinajstić information content (AvgIpc) is 3.40. The summed E-state index contributed by atoms with van der Waals surface area (Å²) in [5.41, 5.74) is 1.94. The molecule has 1 amide bonds. The summed E-state index contributed by atoms with van der Waals surface area (Å²) in [5, 5.41) is 6.61. The maximum Gasteiger partial charge on any atom is 0.272 e. The summed E-state index contributed by atoms with van der Waals surface area (Å²) in [6, 6.07) is 14.9. The van der Waals surface area contributed by atoms with E-state index in [0.29, 0.717) is 12.1 Å². The van der Waals surface area contributed by atoms with Gasteiger partial charge in [0.2, 0.25) is 0 Å². The second kappa shape index (κ2) is 6.94. The quantitative estimate of drug-likeness (QED) is 0.674. The highest BCUT2D eigenvalue weighted by molar-refractivity contribution is 7.91. The lowest BCUT2D eigenvalue weighted by Crippen LogP contribution is -2.38. The Labute approximate surface area is 162 Å². The molecule has 2 aromatic heterocycles. The molecule has 6 nitrogen and oxygen atoms in total. The fraction of sp³-hybridized carbons (Fsp3) is 0.263. The molecule has 27 heavy (non-hydrogen) atoms. The predicted octanol–water partition coefficient (Wildman–Crippen LogP) is 2.86. The van der Waals surface area contributed by atoms with E-state index in [4.69, 9.17) is 0 Å². The molecule has 8 heteroatoms. The number of benzene rings is 1. The van der Waals surface area contributed by atoms with Crippen LogP contribution in [0.2, 0.25) is 0 Å². The minimum atomic E-state index is -3.06. The van der Waals surface area contributed by atoms with Gasteiger partial charge in [0.1, 0.15) is 11.4 Å². The van der Waals surface area contributed by atoms with E-state index in [-0.39, 0.29) is 23.5 Å². The molecule has 0 bridgehead atoms. The third-order valence-corrected chi connectivity index (χ3v) is 7.42. The number of amides is 1. The third-order valence-electron chi connectivity index (χ3n) is 4.78. The first kappa shape index (κ1) is 17.9. The molecule has 1 aliphatic rings. The lowest BCUT2D eigenvalue weighted by molar-refractivity contribution is 0.0738. The van der Waals surface area contributed by atoms with E-state index in [0.717, 1.165) is 16.3 Å². The zero-order valence-corrected chi connectivity index (χ0v) is 16.4. The van der Waals surface area contributed by atoms with Gasteiger partial charge in [-0.2, -0.15) is 5.10 Å². The standard InChI is InChI=1S/C19H19N3O3S2/c1-21(15-9-11-27(24,25)13-15)19(23)17-12-16(18-8-5-10-26-18)20-22(17)14-6-3-2-4-7-14/h2-8,10,12,15H,9,11,13H2,1H3/t15-/m1/s1. The minimum Gasteiger partial charge on any atom is -0.336 e. The van der Waals surface area contributed by atoms with Gasteiger partial charge in [-0.1, -0.05) is 24.3 Å². The average molecular weight is 402 g/mol. The van der Waals surface area contributed by atoms with Crippen molar-refractivity contribution in [3.05, 3.63) is 59.6 Å². The largest absolute Gasteiger partial charge is 0.336 e. The summed E-state index contributed by atoms with van der Waals surface area (Å²) < 4.78 is 25.2. The Kier molecular flexibility index (Phi) is 4.61. The fourth-order valence-corrected chi connectivity index (χ4v) is 5.73. The van der Waals surface area contributed by atoms with Crippen LogP contribution in [0.15, 0.2) is 53.9 Å². The second-order valence-electron chi connectivity index (χ2n) is 6.61. The Hall–Kier alpha value is -2.45. The fourth-order valence-electron chi connectivity index (χ4n) is 3.27. The van der Waals surface area contributed by atoms with Crippen molar-refractivity contribution in [2.45, 2.75) is 12.5 Å². The van der Waals surface area contributed by atoms with E-state index < -0.39 is 9.84 Å². The van der Waals surface area contributed by atoms with Crippen molar-refractivity contribution in [2.24, 2.45) is 0 Å². The van der Waals surface area contributed by atoms with Gasteiger partial charge in [0.15, 0.2) is 9.84 Å². The number of aromatic nitrogens is 2. The van der Waals surface area contributed by atoms with Gasteiger partial charge in [-0.3, -0.25) is 4.79 Å². The molecule has 1 aliphatic heterocycles. The zero-order valence-electron chi connectivity index (χ0n) is 14.8. The normalized spacial score (nSPS) is 18.5. The van der Waals surface area contributed by atoms with Gasteiger partial charge in [0.05, 0.1) is 22.1 Å². The monoisotopic (exact) mass is 401 g/mol. The van der Waals surface area contributed by atoms with Gasteiger partial charge >= 0.3 is 0 Å². The molecule has 1 fully saturated rings. The number of thiophene rings is 1. The van der Waals surface area contributed by atoms with Crippen LogP contribution in [0.1, 0.15) is 16.9 Å². The molecule has 0 unspecified atom stereocenters. The van der Waals surface area contributed by atoms with Crippen LogP contribution in [0.25, 0.3) is 16.3 Å². The predicted molar refractivity (Wildman–Crippen MR) is 106 cm³/mol. The molecule has 0 saturated carbocycles. The van der Waals surface area contributed by atoms with Crippen molar-refractivity contribution in [2.75, 3.05) is 18.6 Å². The third kappa shape index (κ3) is 3.54. The van der Waals surface area contributed by atoms with Gasteiger partial charge < -0.3 is 4.90 Å². The minimum absolute atomic E-state index is 0.0203. The van der Waals surface area contributed by atoms with E-state index in [1.54, 1.807) is 34.0 Å². The van der Waals surface area contributed by atoms with Crippen molar-refractivity contribution < 1.29 is 13.2 Å². The van der Waals surface area contributed by atoms with Gasteiger partial charge in [-0.05, 0) is 36.1 Å². The van der Waals surface area contributed by atoms with Crippen molar-refractivity contribution in [3.8, 4) is 16.3 Å². The van der Waals surface area contributed by atoms with Crippen molar-refractivity contribution in [1.82, 2.24) is 14.7 Å². The van der Waals surface area contributed by atoms with Crippen LogP contribution >= 0.6 is 11.3 Å². The second-order valence-corrected chi connectivity index (χ2v) is 9.79. The molecule has 1 aromatic carbocycles. The highest BCUT2D eigenvalue weighted by Crippen LogP contribution is 2.27. The molecule has 3 heterocycles. The number of carbonyl (C=O) groups is 1. The van der Waals surface area contributed by atoms with Crippen molar-refractivity contribution >= 4 is 27.1 Å². The van der Waals surface area contributed by atoms with Crippen LogP contribution < -0.4 is 0 Å². The Balaban J connectivity index is 1.73. The Morgan fingerprint density at radius 2 is 2.00 bits per heavy atom. The molecule has 1 atom stereocenters. The number of sulfone groups is 1. The smallest absolute Gasteiger partial charge is 0.272 e. The first-order valence-corrected chi connectivity index (χ1v) is 11.3. The van der Waals surface area contributed by atoms with E-state index >= 15 is 0 Å². The Morgan fingerprint density at radius 1 is 1.22 bits per heavy atom. The zero-order chi connectivity index (χ0) is 19.0. The summed E-state index contributed by atoms with van der Waals surface area (Å²) in [6.45, 7) is 0. The molecule has 140 valence electrons. The lowest BCUT2D eigenvalue weighted by Gasteiger charge is -2.23. The van der Waals surface area contributed by atoms with Crippen LogP contribution in [0, 0.1) is 0 Å². The summed E-state index contributed by atoms with van der Waals surface area (Å²) in [6.07, 6.45) is 0.474. The Bertz CT molecular complexity index is 1060. The SMILES string of the molecule is CN(C(=O)c1cc(-c2cccs2)nn1-c1ccccc1)[C@@H]1CCS(=O)(=O)C1. The number of hydrogen-bond donors (Lipinski definition) is 0. The summed E-state index contributed by atoms with van der Waals surface area (Å²) >= 11 is 1.56. The molecule has 1 saturated heterocycles.